The molecule has 1 heterocycles. The van der Waals surface area contributed by atoms with Gasteiger partial charge >= 0.3 is 0 Å². The monoisotopic (exact) mass is 416 g/mol. The highest BCUT2D eigenvalue weighted by Gasteiger charge is 2.46. The van der Waals surface area contributed by atoms with Crippen LogP contribution in [0.3, 0.4) is 0 Å². The van der Waals surface area contributed by atoms with Gasteiger partial charge in [-0.3, -0.25) is 4.79 Å². The van der Waals surface area contributed by atoms with Crippen LogP contribution in [0.5, 0.6) is 0 Å². The van der Waals surface area contributed by atoms with E-state index in [-0.39, 0.29) is 29.6 Å². The molecule has 1 aromatic rings. The van der Waals surface area contributed by atoms with Crippen molar-refractivity contribution in [1.82, 2.24) is 4.90 Å². The summed E-state index contributed by atoms with van der Waals surface area (Å²) < 4.78 is 6.45. The molecule has 1 saturated heterocycles. The van der Waals surface area contributed by atoms with Crippen LogP contribution >= 0.6 is 28.3 Å². The topological polar surface area (TPSA) is 55.6 Å². The number of likely N-dealkylation sites (N-methyl/N-ethyl adjacent to an activating group) is 1. The van der Waals surface area contributed by atoms with E-state index < -0.39 is 6.04 Å². The minimum absolute atomic E-state index is 0. The zero-order valence-corrected chi connectivity index (χ0v) is 16.4. The number of nitrogens with zero attached hydrogens (tertiary/aromatic N) is 1. The molecule has 24 heavy (non-hydrogen) atoms. The van der Waals surface area contributed by atoms with Gasteiger partial charge in [-0.05, 0) is 49.3 Å². The van der Waals surface area contributed by atoms with Gasteiger partial charge in [0.05, 0.1) is 6.04 Å². The molecule has 1 amide bonds. The standard InChI is InChI=1S/C18H25BrN2O2.ClH/c1-21(17(22)16(20)13-6-10-23-11-7-13)12-18(8-9-18)14-2-4-15(19)5-3-14;/h2-5,13,16H,6-12,20H2,1H3;1H. The van der Waals surface area contributed by atoms with Gasteiger partial charge in [-0.15, -0.1) is 12.4 Å². The third-order valence-electron chi connectivity index (χ3n) is 5.29. The number of nitrogens with two attached hydrogens (primary N) is 1. The van der Waals surface area contributed by atoms with Gasteiger partial charge in [0.25, 0.3) is 0 Å². The first-order chi connectivity index (χ1) is 11.0. The van der Waals surface area contributed by atoms with Gasteiger partial charge in [-0.1, -0.05) is 28.1 Å². The highest BCUT2D eigenvalue weighted by molar-refractivity contribution is 9.10. The van der Waals surface area contributed by atoms with Crippen LogP contribution in [0.2, 0.25) is 0 Å². The summed E-state index contributed by atoms with van der Waals surface area (Å²) in [6.45, 7) is 2.20. The average molecular weight is 418 g/mol. The number of hydrogen-bond donors (Lipinski definition) is 1. The summed E-state index contributed by atoms with van der Waals surface area (Å²) >= 11 is 3.48. The molecular weight excluding hydrogens is 392 g/mol. The van der Waals surface area contributed by atoms with Crippen LogP contribution in [0, 0.1) is 5.92 Å². The Hall–Kier alpha value is -0.620. The van der Waals surface area contributed by atoms with Crippen molar-refractivity contribution < 1.29 is 9.53 Å². The van der Waals surface area contributed by atoms with E-state index in [1.54, 1.807) is 0 Å². The predicted molar refractivity (Wildman–Crippen MR) is 101 cm³/mol. The van der Waals surface area contributed by atoms with Crippen LogP contribution in [0.1, 0.15) is 31.2 Å². The Morgan fingerprint density at radius 2 is 1.92 bits per heavy atom. The molecule has 0 aromatic heterocycles. The summed E-state index contributed by atoms with van der Waals surface area (Å²) in [4.78, 5) is 14.5. The van der Waals surface area contributed by atoms with Crippen molar-refractivity contribution >= 4 is 34.2 Å². The van der Waals surface area contributed by atoms with E-state index in [9.17, 15) is 4.79 Å². The predicted octanol–water partition coefficient (Wildman–Crippen LogP) is 3.11. The molecule has 2 fully saturated rings. The van der Waals surface area contributed by atoms with E-state index in [1.807, 2.05) is 11.9 Å². The first-order valence-corrected chi connectivity index (χ1v) is 9.15. The van der Waals surface area contributed by atoms with E-state index in [1.165, 1.54) is 5.56 Å². The molecule has 0 spiro atoms. The first-order valence-electron chi connectivity index (χ1n) is 8.36. The number of halogens is 2. The molecule has 1 atom stereocenters. The maximum Gasteiger partial charge on any atom is 0.239 e. The summed E-state index contributed by atoms with van der Waals surface area (Å²) in [7, 11) is 1.89. The van der Waals surface area contributed by atoms with Gasteiger partial charge in [0, 0.05) is 36.7 Å². The lowest BCUT2D eigenvalue weighted by atomic mass is 9.90. The highest BCUT2D eigenvalue weighted by Crippen LogP contribution is 2.48. The molecule has 3 rings (SSSR count). The first kappa shape index (κ1) is 19.7. The van der Waals surface area contributed by atoms with E-state index in [2.05, 4.69) is 40.2 Å². The SMILES string of the molecule is CN(CC1(c2ccc(Br)cc2)CC1)C(=O)C(N)C1CCOCC1.Cl. The minimum atomic E-state index is -0.399. The quantitative estimate of drug-likeness (QED) is 0.801. The second-order valence-corrected chi connectivity index (χ2v) is 7.87. The summed E-state index contributed by atoms with van der Waals surface area (Å²) in [6, 6.07) is 8.07. The number of amides is 1. The third-order valence-corrected chi connectivity index (χ3v) is 5.81. The molecule has 2 aliphatic rings. The Balaban J connectivity index is 0.00000208. The molecule has 1 aliphatic heterocycles. The Bertz CT molecular complexity index is 557. The summed E-state index contributed by atoms with van der Waals surface area (Å²) in [5.74, 6) is 0.321. The molecule has 0 radical (unpaired) electrons. The van der Waals surface area contributed by atoms with Crippen LogP contribution in [-0.4, -0.2) is 43.7 Å². The lowest BCUT2D eigenvalue weighted by molar-refractivity contribution is -0.133. The fraction of sp³-hybridized carbons (Fsp3) is 0.611. The molecule has 6 heteroatoms. The maximum atomic E-state index is 12.7. The van der Waals surface area contributed by atoms with Crippen molar-refractivity contribution in [3.63, 3.8) is 0 Å². The number of rotatable bonds is 5. The van der Waals surface area contributed by atoms with E-state index >= 15 is 0 Å². The summed E-state index contributed by atoms with van der Waals surface area (Å²) in [5, 5.41) is 0. The van der Waals surface area contributed by atoms with Gasteiger partial charge in [0.15, 0.2) is 0 Å². The van der Waals surface area contributed by atoms with E-state index in [0.29, 0.717) is 0 Å². The largest absolute Gasteiger partial charge is 0.381 e. The highest BCUT2D eigenvalue weighted by atomic mass is 79.9. The van der Waals surface area contributed by atoms with Crippen molar-refractivity contribution in [3.8, 4) is 0 Å². The Kier molecular flexibility index (Phi) is 6.71. The number of hydrogen-bond acceptors (Lipinski definition) is 3. The normalized spacial score (nSPS) is 20.8. The lowest BCUT2D eigenvalue weighted by Crippen LogP contribution is -2.49. The van der Waals surface area contributed by atoms with Crippen molar-refractivity contribution in [3.05, 3.63) is 34.3 Å². The summed E-state index contributed by atoms with van der Waals surface area (Å²) in [6.07, 6.45) is 4.05. The fourth-order valence-electron chi connectivity index (χ4n) is 3.56. The number of carbonyl (C=O) groups excluding carboxylic acids is 1. The van der Waals surface area contributed by atoms with Crippen molar-refractivity contribution in [2.24, 2.45) is 11.7 Å². The maximum absolute atomic E-state index is 12.7. The van der Waals surface area contributed by atoms with Crippen LogP contribution in [0.4, 0.5) is 0 Å². The molecule has 2 N–H and O–H groups in total. The zero-order valence-electron chi connectivity index (χ0n) is 14.0. The van der Waals surface area contributed by atoms with Gasteiger partial charge < -0.3 is 15.4 Å². The Labute approximate surface area is 158 Å². The second-order valence-electron chi connectivity index (χ2n) is 6.96. The van der Waals surface area contributed by atoms with E-state index in [0.717, 1.165) is 49.9 Å². The van der Waals surface area contributed by atoms with Crippen molar-refractivity contribution in [2.45, 2.75) is 37.1 Å². The van der Waals surface area contributed by atoms with Crippen molar-refractivity contribution in [1.29, 1.82) is 0 Å². The molecule has 4 nitrogen and oxygen atoms in total. The average Bonchev–Trinajstić information content (AvgIpc) is 3.35. The molecule has 0 bridgehead atoms. The smallest absolute Gasteiger partial charge is 0.239 e. The van der Waals surface area contributed by atoms with Gasteiger partial charge in [-0.25, -0.2) is 0 Å². The van der Waals surface area contributed by atoms with Gasteiger partial charge in [0.1, 0.15) is 0 Å². The lowest BCUT2D eigenvalue weighted by Gasteiger charge is -2.31. The van der Waals surface area contributed by atoms with Crippen LogP contribution in [0.25, 0.3) is 0 Å². The molecule has 1 saturated carbocycles. The zero-order chi connectivity index (χ0) is 16.4. The molecule has 134 valence electrons. The minimum Gasteiger partial charge on any atom is -0.381 e. The fourth-order valence-corrected chi connectivity index (χ4v) is 3.82. The van der Waals surface area contributed by atoms with Gasteiger partial charge in [0.2, 0.25) is 5.91 Å². The summed E-state index contributed by atoms with van der Waals surface area (Å²) in [5.41, 5.74) is 7.68. The van der Waals surface area contributed by atoms with Crippen LogP contribution < -0.4 is 5.73 Å². The third kappa shape index (κ3) is 4.31. The molecule has 1 aliphatic carbocycles. The number of carbonyl (C=O) groups is 1. The van der Waals surface area contributed by atoms with Crippen molar-refractivity contribution in [2.75, 3.05) is 26.8 Å². The second kappa shape index (κ2) is 8.17. The van der Waals surface area contributed by atoms with Crippen LogP contribution in [0.15, 0.2) is 28.7 Å². The van der Waals surface area contributed by atoms with E-state index in [4.69, 9.17) is 10.5 Å². The Morgan fingerprint density at radius 1 is 1.33 bits per heavy atom. The molecule has 1 aromatic carbocycles. The Morgan fingerprint density at radius 3 is 2.46 bits per heavy atom. The molecular formula is C18H26BrClN2O2. The molecule has 1 unspecified atom stereocenters. The number of ether oxygens (including phenoxy) is 1. The van der Waals surface area contributed by atoms with Crippen LogP contribution in [-0.2, 0) is 14.9 Å². The number of benzene rings is 1. The van der Waals surface area contributed by atoms with Gasteiger partial charge in [-0.2, -0.15) is 0 Å².